The van der Waals surface area contributed by atoms with Crippen molar-refractivity contribution in [2.45, 2.75) is 5.41 Å². The predicted octanol–water partition coefficient (Wildman–Crippen LogP) is 9.65. The number of rotatable bonds is 1. The fraction of sp³-hybridized carbons (Fsp3) is 0.0256. The normalized spacial score (nSPS) is 13.9. The minimum Gasteiger partial charge on any atom is -0.274 e. The van der Waals surface area contributed by atoms with Gasteiger partial charge in [0, 0.05) is 19.9 Å². The molecule has 2 aliphatic rings. The van der Waals surface area contributed by atoms with Crippen LogP contribution in [0.15, 0.2) is 133 Å². The Morgan fingerprint density at radius 2 is 1.07 bits per heavy atom. The molecule has 10 rings (SSSR count). The molecule has 6 aromatic carbocycles. The van der Waals surface area contributed by atoms with Crippen LogP contribution in [0.2, 0.25) is 0 Å². The van der Waals surface area contributed by atoms with E-state index in [4.69, 9.17) is 10.2 Å². The molecule has 0 amide bonds. The van der Waals surface area contributed by atoms with Gasteiger partial charge in [0.05, 0.1) is 10.9 Å². The monoisotopic (exact) mass is 659 g/mol. The van der Waals surface area contributed by atoms with E-state index in [-0.39, 0.29) is 0 Å². The molecule has 0 N–H and O–H groups in total. The van der Waals surface area contributed by atoms with Crippen LogP contribution in [-0.4, -0.2) is 14.6 Å². The number of aromatic nitrogens is 3. The van der Waals surface area contributed by atoms with Crippen molar-refractivity contribution < 1.29 is 0 Å². The molecule has 0 fully saturated rings. The minimum atomic E-state index is -0.399. The summed E-state index contributed by atoms with van der Waals surface area (Å²) in [7, 11) is 0. The first kappa shape index (κ1) is 23.7. The van der Waals surface area contributed by atoms with Crippen molar-refractivity contribution in [3.05, 3.63) is 159 Å². The summed E-state index contributed by atoms with van der Waals surface area (Å²) in [5.41, 5.74) is 13.2. The third-order valence-corrected chi connectivity index (χ3v) is 10.2. The van der Waals surface area contributed by atoms with Crippen molar-refractivity contribution in [3.63, 3.8) is 0 Å². The highest BCUT2D eigenvalue weighted by Crippen LogP contribution is 2.63. The Balaban J connectivity index is 1.33. The van der Waals surface area contributed by atoms with E-state index in [0.717, 1.165) is 27.9 Å². The van der Waals surface area contributed by atoms with Gasteiger partial charge in [0.15, 0.2) is 11.5 Å². The fourth-order valence-corrected chi connectivity index (χ4v) is 8.42. The number of para-hydroxylation sites is 1. The molecule has 2 aromatic heterocycles. The second kappa shape index (κ2) is 8.39. The third kappa shape index (κ3) is 2.89. The van der Waals surface area contributed by atoms with E-state index in [2.05, 4.69) is 160 Å². The van der Waals surface area contributed by atoms with E-state index in [0.29, 0.717) is 0 Å². The number of pyridine rings is 1. The summed E-state index contributed by atoms with van der Waals surface area (Å²) < 4.78 is 3.49. The van der Waals surface area contributed by atoms with E-state index >= 15 is 0 Å². The zero-order valence-electron chi connectivity index (χ0n) is 22.9. The Labute approximate surface area is 261 Å². The smallest absolute Gasteiger partial charge is 0.169 e. The molecule has 1 spiro atoms. The maximum absolute atomic E-state index is 4.87. The Kier molecular flexibility index (Phi) is 4.63. The molecule has 0 saturated heterocycles. The Hall–Kier alpha value is -4.81. The van der Waals surface area contributed by atoms with Gasteiger partial charge in [0.1, 0.15) is 0 Å². The summed E-state index contributed by atoms with van der Waals surface area (Å²) in [5, 5.41) is 13.2. The van der Waals surface area contributed by atoms with Crippen LogP contribution in [0.25, 0.3) is 61.0 Å². The van der Waals surface area contributed by atoms with E-state index in [1.807, 2.05) is 0 Å². The zero-order chi connectivity index (χ0) is 28.3. The van der Waals surface area contributed by atoms with Crippen LogP contribution in [0, 0.1) is 3.57 Å². The molecule has 0 aliphatic heterocycles. The van der Waals surface area contributed by atoms with Gasteiger partial charge in [-0.1, -0.05) is 109 Å². The molecular weight excluding hydrogens is 637 g/mol. The van der Waals surface area contributed by atoms with Crippen LogP contribution in [-0.2, 0) is 5.41 Å². The third-order valence-electron chi connectivity index (χ3n) is 9.58. The summed E-state index contributed by atoms with van der Waals surface area (Å²) >= 11 is 2.46. The first-order chi connectivity index (χ1) is 21.2. The van der Waals surface area contributed by atoms with E-state index < -0.39 is 5.41 Å². The Morgan fingerprint density at radius 1 is 0.488 bits per heavy atom. The SMILES string of the molecule is Ic1ccc2c(c1)C1(c3ccccc3-c3ccccc31)c1cc(-c3nnc4c5ccccc5c5ccccc5n34)ccc1-2. The van der Waals surface area contributed by atoms with Crippen molar-refractivity contribution in [1.29, 1.82) is 0 Å². The first-order valence-corrected chi connectivity index (χ1v) is 15.6. The van der Waals surface area contributed by atoms with Gasteiger partial charge in [-0.3, -0.25) is 4.40 Å². The number of hydrogen-bond acceptors (Lipinski definition) is 2. The molecule has 8 aromatic rings. The first-order valence-electron chi connectivity index (χ1n) is 14.5. The molecule has 0 atom stereocenters. The van der Waals surface area contributed by atoms with Crippen molar-refractivity contribution in [3.8, 4) is 33.6 Å². The van der Waals surface area contributed by atoms with Crippen LogP contribution in [0.4, 0.5) is 0 Å². The summed E-state index contributed by atoms with van der Waals surface area (Å²) in [6, 6.07) is 48.8. The van der Waals surface area contributed by atoms with Gasteiger partial charge in [0.25, 0.3) is 0 Å². The number of benzene rings is 6. The van der Waals surface area contributed by atoms with Crippen LogP contribution in [0.3, 0.4) is 0 Å². The average Bonchev–Trinajstić information content (AvgIpc) is 3.72. The van der Waals surface area contributed by atoms with Gasteiger partial charge < -0.3 is 0 Å². The molecule has 4 heteroatoms. The number of fused-ring (bicyclic) bond motifs is 16. The van der Waals surface area contributed by atoms with Crippen LogP contribution < -0.4 is 0 Å². The number of hydrogen-bond donors (Lipinski definition) is 0. The predicted molar refractivity (Wildman–Crippen MR) is 182 cm³/mol. The molecule has 2 heterocycles. The molecule has 0 saturated carbocycles. The van der Waals surface area contributed by atoms with Gasteiger partial charge in [-0.2, -0.15) is 0 Å². The molecule has 0 unspecified atom stereocenters. The van der Waals surface area contributed by atoms with Crippen molar-refractivity contribution in [1.82, 2.24) is 14.6 Å². The summed E-state index contributed by atoms with van der Waals surface area (Å²) in [6.45, 7) is 0. The Morgan fingerprint density at radius 3 is 1.84 bits per heavy atom. The van der Waals surface area contributed by atoms with Gasteiger partial charge in [-0.25, -0.2) is 0 Å². The number of nitrogens with zero attached hydrogens (tertiary/aromatic N) is 3. The summed E-state index contributed by atoms with van der Waals surface area (Å²) in [4.78, 5) is 0. The zero-order valence-corrected chi connectivity index (χ0v) is 25.1. The van der Waals surface area contributed by atoms with Crippen LogP contribution >= 0.6 is 22.6 Å². The lowest BCUT2D eigenvalue weighted by Gasteiger charge is -2.30. The summed E-state index contributed by atoms with van der Waals surface area (Å²) in [6.07, 6.45) is 0. The van der Waals surface area contributed by atoms with E-state index in [1.54, 1.807) is 0 Å². The van der Waals surface area contributed by atoms with E-state index in [9.17, 15) is 0 Å². The largest absolute Gasteiger partial charge is 0.274 e. The Bertz CT molecular complexity index is 2440. The van der Waals surface area contributed by atoms with Crippen molar-refractivity contribution in [2.24, 2.45) is 0 Å². The van der Waals surface area contributed by atoms with Gasteiger partial charge in [0.2, 0.25) is 0 Å². The van der Waals surface area contributed by atoms with Crippen LogP contribution in [0.1, 0.15) is 22.3 Å². The molecule has 200 valence electrons. The lowest BCUT2D eigenvalue weighted by Crippen LogP contribution is -2.26. The molecule has 0 bridgehead atoms. The maximum atomic E-state index is 4.87. The highest BCUT2D eigenvalue weighted by atomic mass is 127. The second-order valence-electron chi connectivity index (χ2n) is 11.5. The van der Waals surface area contributed by atoms with Gasteiger partial charge >= 0.3 is 0 Å². The standard InChI is InChI=1S/C39H22IN3/c40-24-18-20-29-28-19-17-23(37-41-42-38-31-13-2-1-9-25(31)30-12-5-8-16-36(30)43(37)38)21-34(28)39(35(29)22-24)32-14-6-3-10-26(32)27-11-4-7-15-33(27)39/h1-22H. The average molecular weight is 660 g/mol. The topological polar surface area (TPSA) is 30.2 Å². The summed E-state index contributed by atoms with van der Waals surface area (Å²) in [5.74, 6) is 0.861. The molecular formula is C39H22IN3. The molecule has 43 heavy (non-hydrogen) atoms. The molecule has 0 radical (unpaired) electrons. The van der Waals surface area contributed by atoms with Crippen molar-refractivity contribution in [2.75, 3.05) is 0 Å². The quantitative estimate of drug-likeness (QED) is 0.130. The van der Waals surface area contributed by atoms with Gasteiger partial charge in [-0.05, 0) is 96.8 Å². The number of halogens is 1. The minimum absolute atomic E-state index is 0.399. The lowest BCUT2D eigenvalue weighted by molar-refractivity contribution is 0.793. The highest BCUT2D eigenvalue weighted by molar-refractivity contribution is 14.1. The second-order valence-corrected chi connectivity index (χ2v) is 12.8. The fourth-order valence-electron chi connectivity index (χ4n) is 7.93. The highest BCUT2D eigenvalue weighted by Gasteiger charge is 2.51. The molecule has 2 aliphatic carbocycles. The van der Waals surface area contributed by atoms with Crippen LogP contribution in [0.5, 0.6) is 0 Å². The lowest BCUT2D eigenvalue weighted by atomic mass is 9.70. The molecule has 3 nitrogen and oxygen atoms in total. The van der Waals surface area contributed by atoms with E-state index in [1.165, 1.54) is 58.9 Å². The van der Waals surface area contributed by atoms with Crippen molar-refractivity contribution >= 4 is 49.9 Å². The van der Waals surface area contributed by atoms with Gasteiger partial charge in [-0.15, -0.1) is 10.2 Å². The maximum Gasteiger partial charge on any atom is 0.169 e.